The summed E-state index contributed by atoms with van der Waals surface area (Å²) in [5, 5.41) is 10.8. The van der Waals surface area contributed by atoms with Gasteiger partial charge in [-0.15, -0.1) is 0 Å². The molecule has 1 fully saturated rings. The van der Waals surface area contributed by atoms with E-state index in [1.54, 1.807) is 13.8 Å². The molecule has 116 valence electrons. The van der Waals surface area contributed by atoms with Crippen LogP contribution in [0, 0.1) is 10.1 Å². The first kappa shape index (κ1) is 15.8. The monoisotopic (exact) mass is 323 g/mol. The van der Waals surface area contributed by atoms with Gasteiger partial charge in [0.15, 0.2) is 5.11 Å². The highest BCUT2D eigenvalue weighted by molar-refractivity contribution is 7.80. The van der Waals surface area contributed by atoms with Crippen LogP contribution in [-0.2, 0) is 9.59 Å². The topological polar surface area (TPSA) is 96.9 Å². The summed E-state index contributed by atoms with van der Waals surface area (Å²) in [6, 6.07) is 2.48. The summed E-state index contributed by atoms with van der Waals surface area (Å²) in [6.45, 7) is 4.11. The van der Waals surface area contributed by atoms with E-state index in [2.05, 4.69) is 0 Å². The third-order valence-electron chi connectivity index (χ3n) is 3.12. The molecule has 0 saturated carbocycles. The molecule has 1 aliphatic rings. The Kier molecular flexibility index (Phi) is 4.36. The van der Waals surface area contributed by atoms with E-state index in [-0.39, 0.29) is 16.4 Å². The molecule has 22 heavy (non-hydrogen) atoms. The molecular formula is C13H13N3O5S. The van der Waals surface area contributed by atoms with Crippen LogP contribution in [0.2, 0.25) is 0 Å². The lowest BCUT2D eigenvalue weighted by Gasteiger charge is -2.35. The van der Waals surface area contributed by atoms with Crippen molar-refractivity contribution in [2.45, 2.75) is 13.8 Å². The summed E-state index contributed by atoms with van der Waals surface area (Å²) >= 11 is 5.13. The molecule has 1 aliphatic heterocycles. The van der Waals surface area contributed by atoms with E-state index < -0.39 is 22.6 Å². The largest absolute Gasteiger partial charge is 0.433 e. The molecule has 0 N–H and O–H groups in total. The lowest BCUT2D eigenvalue weighted by Crippen LogP contribution is -2.55. The van der Waals surface area contributed by atoms with Gasteiger partial charge in [0.2, 0.25) is 0 Å². The average molecular weight is 323 g/mol. The molecule has 0 aliphatic carbocycles. The zero-order valence-electron chi connectivity index (χ0n) is 11.9. The van der Waals surface area contributed by atoms with Gasteiger partial charge in [0.1, 0.15) is 16.3 Å². The van der Waals surface area contributed by atoms with Crippen molar-refractivity contribution >= 4 is 41.1 Å². The van der Waals surface area contributed by atoms with Gasteiger partial charge in [-0.3, -0.25) is 29.5 Å². The molecule has 0 bridgehead atoms. The molecule has 9 heteroatoms. The van der Waals surface area contributed by atoms with Crippen molar-refractivity contribution in [2.75, 3.05) is 13.1 Å². The highest BCUT2D eigenvalue weighted by Gasteiger charge is 2.38. The van der Waals surface area contributed by atoms with Crippen LogP contribution in [0.15, 0.2) is 22.1 Å². The van der Waals surface area contributed by atoms with E-state index >= 15 is 0 Å². The second kappa shape index (κ2) is 6.06. The van der Waals surface area contributed by atoms with Crippen LogP contribution in [0.25, 0.3) is 6.08 Å². The zero-order valence-corrected chi connectivity index (χ0v) is 12.8. The predicted octanol–water partition coefficient (Wildman–Crippen LogP) is 1.57. The van der Waals surface area contributed by atoms with E-state index in [4.69, 9.17) is 16.6 Å². The molecule has 2 rings (SSSR count). The van der Waals surface area contributed by atoms with Gasteiger partial charge < -0.3 is 4.42 Å². The first-order chi connectivity index (χ1) is 10.4. The molecule has 0 atom stereocenters. The minimum absolute atomic E-state index is 0.0586. The number of hydrogen-bond acceptors (Lipinski definition) is 6. The number of hydrogen-bond donors (Lipinski definition) is 0. The number of carbonyl (C=O) groups is 2. The standard InChI is InChI=1S/C13H13N3O5S/c1-3-14-11(17)9(12(18)15(4-2)13(14)22)7-8-5-6-10(21-8)16(19)20/h5-7H,3-4H2,1-2H3. The summed E-state index contributed by atoms with van der Waals surface area (Å²) in [6.07, 6.45) is 1.20. The lowest BCUT2D eigenvalue weighted by molar-refractivity contribution is -0.402. The summed E-state index contributed by atoms with van der Waals surface area (Å²) in [4.78, 5) is 37.2. The van der Waals surface area contributed by atoms with Gasteiger partial charge in [0.05, 0.1) is 6.07 Å². The third-order valence-corrected chi connectivity index (χ3v) is 3.57. The van der Waals surface area contributed by atoms with Gasteiger partial charge in [-0.2, -0.15) is 0 Å². The molecule has 1 aromatic rings. The van der Waals surface area contributed by atoms with Gasteiger partial charge in [-0.05, 0) is 38.2 Å². The third kappa shape index (κ3) is 2.62. The van der Waals surface area contributed by atoms with Gasteiger partial charge in [0, 0.05) is 13.1 Å². The molecule has 1 saturated heterocycles. The van der Waals surface area contributed by atoms with Crippen LogP contribution in [0.3, 0.4) is 0 Å². The van der Waals surface area contributed by atoms with E-state index in [1.165, 1.54) is 21.9 Å². The van der Waals surface area contributed by atoms with E-state index in [0.29, 0.717) is 13.1 Å². The maximum Gasteiger partial charge on any atom is 0.433 e. The Morgan fingerprint density at radius 3 is 2.18 bits per heavy atom. The number of nitrogens with zero attached hydrogens (tertiary/aromatic N) is 3. The highest BCUT2D eigenvalue weighted by Crippen LogP contribution is 2.23. The lowest BCUT2D eigenvalue weighted by atomic mass is 10.1. The number of rotatable bonds is 4. The fraction of sp³-hybridized carbons (Fsp3) is 0.308. The second-order valence-corrected chi connectivity index (χ2v) is 4.74. The number of amides is 2. The number of nitro groups is 1. The fourth-order valence-corrected chi connectivity index (χ4v) is 2.47. The van der Waals surface area contributed by atoms with Gasteiger partial charge in [-0.25, -0.2) is 0 Å². The fourth-order valence-electron chi connectivity index (χ4n) is 2.04. The Labute approximate surface area is 131 Å². The number of carbonyl (C=O) groups excluding carboxylic acids is 2. The van der Waals surface area contributed by atoms with Crippen LogP contribution in [0.4, 0.5) is 5.88 Å². The van der Waals surface area contributed by atoms with E-state index in [9.17, 15) is 19.7 Å². The molecule has 0 spiro atoms. The molecular weight excluding hydrogens is 310 g/mol. The van der Waals surface area contributed by atoms with Crippen molar-refractivity contribution in [1.82, 2.24) is 9.80 Å². The second-order valence-electron chi connectivity index (χ2n) is 4.37. The van der Waals surface area contributed by atoms with Crippen molar-refractivity contribution in [1.29, 1.82) is 0 Å². The molecule has 2 heterocycles. The predicted molar refractivity (Wildman–Crippen MR) is 80.7 cm³/mol. The summed E-state index contributed by atoms with van der Waals surface area (Å²) in [7, 11) is 0. The molecule has 2 amide bonds. The van der Waals surface area contributed by atoms with Gasteiger partial charge >= 0.3 is 5.88 Å². The van der Waals surface area contributed by atoms with Gasteiger partial charge in [-0.1, -0.05) is 0 Å². The summed E-state index contributed by atoms with van der Waals surface area (Å²) < 4.78 is 4.96. The first-order valence-corrected chi connectivity index (χ1v) is 6.95. The Morgan fingerprint density at radius 2 is 1.77 bits per heavy atom. The SMILES string of the molecule is CCN1C(=O)C(=Cc2ccc([N+](=O)[O-])o2)C(=O)N(CC)C1=S. The van der Waals surface area contributed by atoms with Crippen molar-refractivity contribution in [3.63, 3.8) is 0 Å². The summed E-state index contributed by atoms with van der Waals surface area (Å²) in [5.41, 5.74) is -0.137. The zero-order chi connectivity index (χ0) is 16.4. The smallest absolute Gasteiger partial charge is 0.401 e. The molecule has 0 radical (unpaired) electrons. The highest BCUT2D eigenvalue weighted by atomic mass is 32.1. The van der Waals surface area contributed by atoms with Crippen LogP contribution < -0.4 is 0 Å². The van der Waals surface area contributed by atoms with Crippen molar-refractivity contribution in [3.8, 4) is 0 Å². The Balaban J connectivity index is 2.43. The van der Waals surface area contributed by atoms with Gasteiger partial charge in [0.25, 0.3) is 11.8 Å². The first-order valence-electron chi connectivity index (χ1n) is 6.54. The normalized spacial score (nSPS) is 15.5. The quantitative estimate of drug-likeness (QED) is 0.274. The molecule has 0 unspecified atom stereocenters. The minimum Gasteiger partial charge on any atom is -0.401 e. The molecule has 1 aromatic heterocycles. The van der Waals surface area contributed by atoms with Crippen molar-refractivity contribution < 1.29 is 18.9 Å². The van der Waals surface area contributed by atoms with Crippen molar-refractivity contribution in [2.24, 2.45) is 0 Å². The van der Waals surface area contributed by atoms with Crippen LogP contribution in [0.1, 0.15) is 19.6 Å². The van der Waals surface area contributed by atoms with E-state index in [0.717, 1.165) is 6.07 Å². The van der Waals surface area contributed by atoms with Crippen molar-refractivity contribution in [3.05, 3.63) is 33.6 Å². The molecule has 0 aromatic carbocycles. The Bertz CT molecular complexity index is 666. The maximum atomic E-state index is 12.3. The van der Waals surface area contributed by atoms with Crippen LogP contribution in [0.5, 0.6) is 0 Å². The number of thiocarbonyl (C=S) groups is 1. The van der Waals surface area contributed by atoms with Crippen LogP contribution >= 0.6 is 12.2 Å². The van der Waals surface area contributed by atoms with E-state index in [1.807, 2.05) is 0 Å². The number of likely N-dealkylation sites (N-methyl/N-ethyl adjacent to an activating group) is 2. The maximum absolute atomic E-state index is 12.3. The Hall–Kier alpha value is -2.55. The summed E-state index contributed by atoms with van der Waals surface area (Å²) in [5.74, 6) is -1.48. The number of furan rings is 1. The Morgan fingerprint density at radius 1 is 1.23 bits per heavy atom. The molecule has 8 nitrogen and oxygen atoms in total. The van der Waals surface area contributed by atoms with Crippen LogP contribution in [-0.4, -0.2) is 44.7 Å². The average Bonchev–Trinajstić information content (AvgIpc) is 2.93. The minimum atomic E-state index is -0.696.